The van der Waals surface area contributed by atoms with E-state index in [9.17, 15) is 0 Å². The Morgan fingerprint density at radius 1 is 1.40 bits per heavy atom. The fourth-order valence-corrected chi connectivity index (χ4v) is 2.15. The lowest BCUT2D eigenvalue weighted by atomic mass is 9.98. The average Bonchev–Trinajstić information content (AvgIpc) is 2.70. The zero-order chi connectivity index (χ0) is 11.3. The highest BCUT2D eigenvalue weighted by Crippen LogP contribution is 2.19. The van der Waals surface area contributed by atoms with Gasteiger partial charge in [-0.1, -0.05) is 6.92 Å². The van der Waals surface area contributed by atoms with E-state index < -0.39 is 0 Å². The van der Waals surface area contributed by atoms with Gasteiger partial charge in [0.25, 0.3) is 0 Å². The van der Waals surface area contributed by atoms with Crippen LogP contribution < -0.4 is 5.32 Å². The molecule has 0 bridgehead atoms. The smallest absolute Gasteiger partial charge is 0.0147 e. The molecule has 1 heterocycles. The van der Waals surface area contributed by atoms with Gasteiger partial charge in [-0.05, 0) is 72.1 Å². The first-order valence-electron chi connectivity index (χ1n) is 6.48. The van der Waals surface area contributed by atoms with E-state index in [0.29, 0.717) is 5.54 Å². The molecule has 0 aliphatic carbocycles. The van der Waals surface area contributed by atoms with Gasteiger partial charge in [0.15, 0.2) is 0 Å². The Hall–Kier alpha value is -0.0800. The van der Waals surface area contributed by atoms with E-state index in [1.165, 1.54) is 45.3 Å². The maximum atomic E-state index is 3.44. The van der Waals surface area contributed by atoms with Crippen LogP contribution in [0, 0.1) is 5.92 Å². The molecule has 1 saturated heterocycles. The van der Waals surface area contributed by atoms with Gasteiger partial charge in [0.1, 0.15) is 0 Å². The Morgan fingerprint density at radius 3 is 2.67 bits per heavy atom. The van der Waals surface area contributed by atoms with Crippen molar-refractivity contribution < 1.29 is 0 Å². The van der Waals surface area contributed by atoms with E-state index in [1.807, 2.05) is 0 Å². The minimum absolute atomic E-state index is 0.369. The lowest BCUT2D eigenvalue weighted by molar-refractivity contribution is 0.146. The molecule has 0 spiro atoms. The highest BCUT2D eigenvalue weighted by Gasteiger charge is 2.21. The van der Waals surface area contributed by atoms with Crippen LogP contribution in [0.25, 0.3) is 0 Å². The van der Waals surface area contributed by atoms with Crippen molar-refractivity contribution in [1.29, 1.82) is 0 Å². The first-order valence-corrected chi connectivity index (χ1v) is 6.48. The molecule has 1 atom stereocenters. The van der Waals surface area contributed by atoms with Crippen molar-refractivity contribution >= 4 is 0 Å². The lowest BCUT2D eigenvalue weighted by Crippen LogP contribution is -2.41. The van der Waals surface area contributed by atoms with Gasteiger partial charge in [-0.25, -0.2) is 0 Å². The van der Waals surface area contributed by atoms with E-state index in [-0.39, 0.29) is 0 Å². The van der Waals surface area contributed by atoms with E-state index >= 15 is 0 Å². The third kappa shape index (κ3) is 4.12. The van der Waals surface area contributed by atoms with Crippen LogP contribution in [0.3, 0.4) is 0 Å². The molecule has 2 heteroatoms. The third-order valence-corrected chi connectivity index (χ3v) is 4.17. The van der Waals surface area contributed by atoms with Crippen molar-refractivity contribution in [2.75, 3.05) is 26.7 Å². The molecule has 1 aliphatic heterocycles. The van der Waals surface area contributed by atoms with Crippen molar-refractivity contribution in [3.05, 3.63) is 0 Å². The standard InChI is InChI=1S/C13H28N2/c1-5-13(2,3)15(4)10-6-7-12-8-9-14-11-12/h12,14H,5-11H2,1-4H3. The lowest BCUT2D eigenvalue weighted by Gasteiger charge is -2.35. The summed E-state index contributed by atoms with van der Waals surface area (Å²) in [5.41, 5.74) is 0.369. The van der Waals surface area contributed by atoms with Crippen LogP contribution in [-0.4, -0.2) is 37.1 Å². The zero-order valence-corrected chi connectivity index (χ0v) is 11.0. The molecule has 1 fully saturated rings. The van der Waals surface area contributed by atoms with Gasteiger partial charge in [0.05, 0.1) is 0 Å². The minimum atomic E-state index is 0.369. The van der Waals surface area contributed by atoms with Crippen LogP contribution in [0.15, 0.2) is 0 Å². The molecule has 0 radical (unpaired) electrons. The van der Waals surface area contributed by atoms with Crippen LogP contribution >= 0.6 is 0 Å². The maximum absolute atomic E-state index is 3.44. The number of rotatable bonds is 6. The van der Waals surface area contributed by atoms with Crippen molar-refractivity contribution in [3.63, 3.8) is 0 Å². The Bertz CT molecular complexity index is 171. The highest BCUT2D eigenvalue weighted by molar-refractivity contribution is 4.78. The van der Waals surface area contributed by atoms with Gasteiger partial charge in [0.2, 0.25) is 0 Å². The van der Waals surface area contributed by atoms with E-state index in [2.05, 4.69) is 38.0 Å². The summed E-state index contributed by atoms with van der Waals surface area (Å²) in [6.45, 7) is 10.7. The average molecular weight is 212 g/mol. The first-order chi connectivity index (χ1) is 7.06. The summed E-state index contributed by atoms with van der Waals surface area (Å²) in [7, 11) is 2.26. The third-order valence-electron chi connectivity index (χ3n) is 4.17. The van der Waals surface area contributed by atoms with Gasteiger partial charge in [0, 0.05) is 5.54 Å². The summed E-state index contributed by atoms with van der Waals surface area (Å²) in [6, 6.07) is 0. The summed E-state index contributed by atoms with van der Waals surface area (Å²) in [6.07, 6.45) is 5.37. The number of nitrogens with zero attached hydrogens (tertiary/aromatic N) is 1. The molecule has 1 N–H and O–H groups in total. The van der Waals surface area contributed by atoms with E-state index in [4.69, 9.17) is 0 Å². The summed E-state index contributed by atoms with van der Waals surface area (Å²) >= 11 is 0. The molecule has 0 aromatic heterocycles. The summed E-state index contributed by atoms with van der Waals surface area (Å²) in [4.78, 5) is 2.51. The van der Waals surface area contributed by atoms with Gasteiger partial charge < -0.3 is 10.2 Å². The molecule has 1 aliphatic rings. The number of hydrogen-bond donors (Lipinski definition) is 1. The first kappa shape index (κ1) is 13.0. The molecular formula is C13H28N2. The Kier molecular flexibility index (Phi) is 5.07. The van der Waals surface area contributed by atoms with Crippen molar-refractivity contribution in [3.8, 4) is 0 Å². The number of nitrogens with one attached hydrogen (secondary N) is 1. The largest absolute Gasteiger partial charge is 0.316 e. The second-order valence-corrected chi connectivity index (χ2v) is 5.59. The summed E-state index contributed by atoms with van der Waals surface area (Å²) in [5, 5.41) is 3.44. The molecule has 0 aromatic carbocycles. The van der Waals surface area contributed by atoms with Gasteiger partial charge in [-0.2, -0.15) is 0 Å². The fourth-order valence-electron chi connectivity index (χ4n) is 2.15. The van der Waals surface area contributed by atoms with Crippen LogP contribution in [0.1, 0.15) is 46.5 Å². The highest BCUT2D eigenvalue weighted by atomic mass is 15.2. The van der Waals surface area contributed by atoms with Crippen molar-refractivity contribution in [1.82, 2.24) is 10.2 Å². The number of hydrogen-bond acceptors (Lipinski definition) is 2. The van der Waals surface area contributed by atoms with E-state index in [1.54, 1.807) is 0 Å². The maximum Gasteiger partial charge on any atom is 0.0147 e. The fraction of sp³-hybridized carbons (Fsp3) is 1.00. The zero-order valence-electron chi connectivity index (χ0n) is 11.0. The monoisotopic (exact) mass is 212 g/mol. The SMILES string of the molecule is CCC(C)(C)N(C)CCCC1CCNC1. The van der Waals surface area contributed by atoms with E-state index in [0.717, 1.165) is 5.92 Å². The minimum Gasteiger partial charge on any atom is -0.316 e. The van der Waals surface area contributed by atoms with Crippen molar-refractivity contribution in [2.24, 2.45) is 5.92 Å². The Labute approximate surface area is 95.4 Å². The molecule has 1 unspecified atom stereocenters. The molecule has 0 saturated carbocycles. The molecule has 2 nitrogen and oxygen atoms in total. The van der Waals surface area contributed by atoms with Crippen LogP contribution in [0.2, 0.25) is 0 Å². The van der Waals surface area contributed by atoms with Gasteiger partial charge in [-0.15, -0.1) is 0 Å². The predicted molar refractivity (Wildman–Crippen MR) is 67.2 cm³/mol. The van der Waals surface area contributed by atoms with Crippen LogP contribution in [0.4, 0.5) is 0 Å². The molecule has 0 amide bonds. The molecule has 0 aromatic rings. The second kappa shape index (κ2) is 5.86. The second-order valence-electron chi connectivity index (χ2n) is 5.59. The van der Waals surface area contributed by atoms with Gasteiger partial charge in [-0.3, -0.25) is 0 Å². The molecule has 15 heavy (non-hydrogen) atoms. The predicted octanol–water partition coefficient (Wildman–Crippen LogP) is 2.50. The Morgan fingerprint density at radius 2 is 2.13 bits per heavy atom. The van der Waals surface area contributed by atoms with Gasteiger partial charge >= 0.3 is 0 Å². The van der Waals surface area contributed by atoms with Crippen molar-refractivity contribution in [2.45, 2.75) is 52.0 Å². The Balaban J connectivity index is 2.13. The van der Waals surface area contributed by atoms with Crippen LogP contribution in [-0.2, 0) is 0 Å². The molecule has 1 rings (SSSR count). The topological polar surface area (TPSA) is 15.3 Å². The van der Waals surface area contributed by atoms with Crippen LogP contribution in [0.5, 0.6) is 0 Å². The quantitative estimate of drug-likeness (QED) is 0.728. The summed E-state index contributed by atoms with van der Waals surface area (Å²) in [5.74, 6) is 0.947. The summed E-state index contributed by atoms with van der Waals surface area (Å²) < 4.78 is 0. The molecular weight excluding hydrogens is 184 g/mol. The molecule has 90 valence electrons. The normalized spacial score (nSPS) is 22.6.